The van der Waals surface area contributed by atoms with Crippen molar-refractivity contribution in [2.24, 2.45) is 5.16 Å². The van der Waals surface area contributed by atoms with E-state index in [-0.39, 0.29) is 17.1 Å². The average Bonchev–Trinajstić information content (AvgIpc) is 3.68. The second kappa shape index (κ2) is 16.7. The Morgan fingerprint density at radius 3 is 2.32 bits per heavy atom. The number of benzene rings is 2. The molecule has 4 aromatic rings. The van der Waals surface area contributed by atoms with Crippen LogP contribution in [0, 0.1) is 6.92 Å². The molecular formula is C37H36N6O7S3. The van der Waals surface area contributed by atoms with Crippen LogP contribution in [0.3, 0.4) is 0 Å². The summed E-state index contributed by atoms with van der Waals surface area (Å²) in [5.41, 5.74) is 3.88. The van der Waals surface area contributed by atoms with E-state index in [0.29, 0.717) is 22.1 Å². The zero-order valence-electron chi connectivity index (χ0n) is 29.3. The lowest BCUT2D eigenvalue weighted by molar-refractivity contribution is -0.160. The Morgan fingerprint density at radius 2 is 1.72 bits per heavy atom. The molecule has 0 radical (unpaired) electrons. The first-order valence-corrected chi connectivity index (χ1v) is 19.5. The van der Waals surface area contributed by atoms with Crippen LogP contribution in [-0.4, -0.2) is 84.7 Å². The van der Waals surface area contributed by atoms with E-state index >= 15 is 0 Å². The van der Waals surface area contributed by atoms with Crippen LogP contribution in [0.4, 0.5) is 0 Å². The van der Waals surface area contributed by atoms with Gasteiger partial charge in [0.15, 0.2) is 11.8 Å². The summed E-state index contributed by atoms with van der Waals surface area (Å²) in [6.45, 7) is 6.47. The van der Waals surface area contributed by atoms with Crippen molar-refractivity contribution < 1.29 is 33.5 Å². The average molecular weight is 773 g/mol. The molecule has 53 heavy (non-hydrogen) atoms. The van der Waals surface area contributed by atoms with E-state index in [9.17, 15) is 19.2 Å². The van der Waals surface area contributed by atoms with E-state index in [1.165, 1.54) is 45.3 Å². The van der Waals surface area contributed by atoms with Crippen LogP contribution in [0.1, 0.15) is 49.4 Å². The first-order chi connectivity index (χ1) is 25.5. The standard InChI is InChI=1S/C37H36N6O7S3/c1-22-15-16-27(41-40-22)52-18-25-19-53-35-30(39-33(45)29(26-20-51-21-38-26)42-48-17-28(44)50-37(2,3)4)34(46)43(35)31(25)36(47)49-32(23-11-7-5-8-12-23)24-13-9-6-10-14-24/h5-16,20-21,30,32,35H,17-19H2,1-4H3,(H,39,45)/t30?,35-/m1/s1. The highest BCUT2D eigenvalue weighted by Gasteiger charge is 2.55. The fourth-order valence-electron chi connectivity index (χ4n) is 5.42. The van der Waals surface area contributed by atoms with Gasteiger partial charge in [0.2, 0.25) is 6.61 Å². The van der Waals surface area contributed by atoms with Gasteiger partial charge in [-0.2, -0.15) is 5.10 Å². The molecule has 1 N–H and O–H groups in total. The van der Waals surface area contributed by atoms with Gasteiger partial charge in [0.25, 0.3) is 11.8 Å². The Kier molecular flexibility index (Phi) is 11.9. The van der Waals surface area contributed by atoms with Crippen molar-refractivity contribution in [1.82, 2.24) is 25.4 Å². The van der Waals surface area contributed by atoms with E-state index in [4.69, 9.17) is 14.3 Å². The van der Waals surface area contributed by atoms with Crippen molar-refractivity contribution in [1.29, 1.82) is 0 Å². The molecule has 0 aliphatic carbocycles. The minimum Gasteiger partial charge on any atom is -0.457 e. The van der Waals surface area contributed by atoms with Crippen molar-refractivity contribution in [3.63, 3.8) is 0 Å². The fourth-order valence-corrected chi connectivity index (χ4v) is 8.25. The number of nitrogens with one attached hydrogen (secondary N) is 1. The molecule has 1 unspecified atom stereocenters. The molecule has 0 spiro atoms. The maximum Gasteiger partial charge on any atom is 0.356 e. The monoisotopic (exact) mass is 772 g/mol. The predicted molar refractivity (Wildman–Crippen MR) is 201 cm³/mol. The number of esters is 2. The molecule has 2 aromatic carbocycles. The number of thiazole rings is 1. The van der Waals surface area contributed by atoms with Crippen molar-refractivity contribution in [2.75, 3.05) is 18.1 Å². The number of oxime groups is 1. The molecule has 0 bridgehead atoms. The second-order valence-corrected chi connectivity index (χ2v) is 15.7. The molecule has 1 saturated heterocycles. The number of nitrogens with zero attached hydrogens (tertiary/aromatic N) is 5. The molecule has 4 heterocycles. The molecule has 2 aliphatic rings. The van der Waals surface area contributed by atoms with Crippen molar-refractivity contribution in [3.8, 4) is 0 Å². The third-order valence-electron chi connectivity index (χ3n) is 7.77. The summed E-state index contributed by atoms with van der Waals surface area (Å²) in [6.07, 6.45) is -0.744. The topological polar surface area (TPSA) is 162 Å². The van der Waals surface area contributed by atoms with Crippen LogP contribution in [0.15, 0.2) is 105 Å². The minimum absolute atomic E-state index is 0.128. The molecule has 2 atom stereocenters. The first kappa shape index (κ1) is 37.7. The smallest absolute Gasteiger partial charge is 0.356 e. The molecule has 6 rings (SSSR count). The number of aromatic nitrogens is 3. The largest absolute Gasteiger partial charge is 0.457 e. The number of fused-ring (bicyclic) bond motifs is 1. The SMILES string of the molecule is Cc1ccc(SCC2=C(C(=O)OC(c3ccccc3)c3ccccc3)N3C(=O)C(NC(=O)C(=NOCC(=O)OC(C)(C)C)c4cscn4)[C@H]3SC2)nn1. The number of carbonyl (C=O) groups is 4. The number of hydrogen-bond acceptors (Lipinski definition) is 14. The summed E-state index contributed by atoms with van der Waals surface area (Å²) in [5, 5.41) is 16.7. The number of thioether (sulfide) groups is 2. The van der Waals surface area contributed by atoms with Crippen molar-refractivity contribution in [2.45, 2.75) is 55.8 Å². The van der Waals surface area contributed by atoms with E-state index in [1.807, 2.05) is 79.7 Å². The molecule has 2 aromatic heterocycles. The third-order valence-corrected chi connectivity index (χ3v) is 10.7. The van der Waals surface area contributed by atoms with Crippen molar-refractivity contribution >= 4 is 64.3 Å². The lowest BCUT2D eigenvalue weighted by Gasteiger charge is -2.49. The Labute approximate surface area is 318 Å². The molecule has 16 heteroatoms. The van der Waals surface area contributed by atoms with Gasteiger partial charge in [0, 0.05) is 16.9 Å². The van der Waals surface area contributed by atoms with E-state index in [1.54, 1.807) is 26.2 Å². The second-order valence-electron chi connectivity index (χ2n) is 12.9. The zero-order valence-corrected chi connectivity index (χ0v) is 31.7. The van der Waals surface area contributed by atoms with Gasteiger partial charge in [-0.1, -0.05) is 65.8 Å². The van der Waals surface area contributed by atoms with E-state index < -0.39 is 53.5 Å². The van der Waals surface area contributed by atoms with Gasteiger partial charge < -0.3 is 19.6 Å². The van der Waals surface area contributed by atoms with Gasteiger partial charge >= 0.3 is 11.9 Å². The molecule has 1 fully saturated rings. The lowest BCUT2D eigenvalue weighted by atomic mass is 10.0. The first-order valence-electron chi connectivity index (χ1n) is 16.5. The molecule has 2 amide bonds. The zero-order chi connectivity index (χ0) is 37.5. The quantitative estimate of drug-likeness (QED) is 0.0632. The Morgan fingerprint density at radius 1 is 1.02 bits per heavy atom. The highest BCUT2D eigenvalue weighted by molar-refractivity contribution is 8.01. The van der Waals surface area contributed by atoms with Gasteiger partial charge in [-0.3, -0.25) is 14.5 Å². The molecule has 2 aliphatic heterocycles. The Hall–Kier alpha value is -5.06. The molecular weight excluding hydrogens is 737 g/mol. The number of β-lactam (4-membered cyclic amide) rings is 1. The Balaban J connectivity index is 1.24. The van der Waals surface area contributed by atoms with Crippen LogP contribution >= 0.6 is 34.9 Å². The molecule has 13 nitrogen and oxygen atoms in total. The van der Waals surface area contributed by atoms with Crippen LogP contribution < -0.4 is 5.32 Å². The summed E-state index contributed by atoms with van der Waals surface area (Å²) in [6, 6.07) is 21.5. The van der Waals surface area contributed by atoms with E-state index in [2.05, 4.69) is 25.7 Å². The van der Waals surface area contributed by atoms with Gasteiger partial charge in [0.1, 0.15) is 33.4 Å². The van der Waals surface area contributed by atoms with Gasteiger partial charge in [-0.15, -0.1) is 40.0 Å². The highest BCUT2D eigenvalue weighted by Crippen LogP contribution is 2.43. The third kappa shape index (κ3) is 9.30. The summed E-state index contributed by atoms with van der Waals surface area (Å²) >= 11 is 4.04. The summed E-state index contributed by atoms with van der Waals surface area (Å²) in [4.78, 5) is 64.8. The minimum atomic E-state index is -0.999. The Bertz CT molecular complexity index is 1960. The number of carbonyl (C=O) groups excluding carboxylic acids is 4. The number of hydrogen-bond donors (Lipinski definition) is 1. The predicted octanol–water partition coefficient (Wildman–Crippen LogP) is 5.08. The van der Waals surface area contributed by atoms with Gasteiger partial charge in [-0.25, -0.2) is 14.6 Å². The fraction of sp³-hybridized carbons (Fsp3) is 0.297. The summed E-state index contributed by atoms with van der Waals surface area (Å²) in [7, 11) is 0. The van der Waals surface area contributed by atoms with Gasteiger partial charge in [0.05, 0.1) is 11.2 Å². The normalized spacial score (nSPS) is 17.2. The van der Waals surface area contributed by atoms with Crippen LogP contribution in [0.5, 0.6) is 0 Å². The summed E-state index contributed by atoms with van der Waals surface area (Å²) in [5.74, 6) is -1.84. The van der Waals surface area contributed by atoms with E-state index in [0.717, 1.165) is 16.8 Å². The maximum absolute atomic E-state index is 14.3. The summed E-state index contributed by atoms with van der Waals surface area (Å²) < 4.78 is 11.5. The molecule has 274 valence electrons. The van der Waals surface area contributed by atoms with Crippen LogP contribution in [-0.2, 0) is 33.5 Å². The van der Waals surface area contributed by atoms with Gasteiger partial charge in [-0.05, 0) is 56.5 Å². The maximum atomic E-state index is 14.3. The molecule has 0 saturated carbocycles. The number of aryl methyl sites for hydroxylation is 1. The number of amides is 2. The lowest BCUT2D eigenvalue weighted by Crippen LogP contribution is -2.71. The van der Waals surface area contributed by atoms with Crippen molar-refractivity contribution in [3.05, 3.63) is 117 Å². The highest BCUT2D eigenvalue weighted by atomic mass is 32.2. The van der Waals surface area contributed by atoms with Crippen LogP contribution in [0.2, 0.25) is 0 Å². The van der Waals surface area contributed by atoms with Crippen LogP contribution in [0.25, 0.3) is 0 Å². The number of rotatable bonds is 13. The number of ether oxygens (including phenoxy) is 2.